The van der Waals surface area contributed by atoms with E-state index in [1.807, 2.05) is 18.3 Å². The minimum Gasteiger partial charge on any atom is -0.508 e. The molecule has 0 aliphatic heterocycles. The quantitative estimate of drug-likeness (QED) is 0.324. The van der Waals surface area contributed by atoms with Crippen molar-refractivity contribution in [2.45, 2.75) is 59.8 Å². The monoisotopic (exact) mass is 414 g/mol. The highest BCUT2D eigenvalue weighted by Gasteiger charge is 2.11. The van der Waals surface area contributed by atoms with Gasteiger partial charge in [-0.15, -0.1) is 0 Å². The number of anilines is 1. The van der Waals surface area contributed by atoms with Crippen molar-refractivity contribution in [3.63, 3.8) is 0 Å². The molecule has 0 atom stereocenters. The third-order valence-corrected chi connectivity index (χ3v) is 5.91. The largest absolute Gasteiger partial charge is 0.508 e. The lowest BCUT2D eigenvalue weighted by atomic mass is 9.93. The Balaban J connectivity index is 1.96. The SMILES string of the molecule is CCc1cc(Cc2cc(CC)c(N=Cc3ccc(O)cc3)c(CC)c2)cc(CC)c1N. The predicted molar refractivity (Wildman–Crippen MR) is 133 cm³/mol. The van der Waals surface area contributed by atoms with Crippen LogP contribution in [0.3, 0.4) is 0 Å². The highest BCUT2D eigenvalue weighted by molar-refractivity contribution is 5.83. The standard InChI is InChI=1S/C28H34N2O/c1-5-22-14-20(15-23(6-2)27(22)29)13-21-16-24(7-3)28(25(8-4)17-21)30-18-19-9-11-26(31)12-10-19/h9-12,14-18,31H,5-8,13,29H2,1-4H3. The second-order valence-corrected chi connectivity index (χ2v) is 8.03. The lowest BCUT2D eigenvalue weighted by Crippen LogP contribution is -2.02. The van der Waals surface area contributed by atoms with E-state index in [1.165, 1.54) is 33.4 Å². The summed E-state index contributed by atoms with van der Waals surface area (Å²) in [6.07, 6.45) is 6.57. The molecule has 0 unspecified atom stereocenters. The van der Waals surface area contributed by atoms with Crippen molar-refractivity contribution in [2.75, 3.05) is 5.73 Å². The highest BCUT2D eigenvalue weighted by Crippen LogP contribution is 2.30. The lowest BCUT2D eigenvalue weighted by molar-refractivity contribution is 0.475. The molecule has 0 aliphatic rings. The van der Waals surface area contributed by atoms with Crippen molar-refractivity contribution in [3.05, 3.63) is 87.5 Å². The van der Waals surface area contributed by atoms with Crippen LogP contribution in [0.15, 0.2) is 53.5 Å². The predicted octanol–water partition coefficient (Wildman–Crippen LogP) is 6.57. The summed E-state index contributed by atoms with van der Waals surface area (Å²) in [6.45, 7) is 8.71. The molecule has 31 heavy (non-hydrogen) atoms. The zero-order chi connectivity index (χ0) is 22.4. The number of aryl methyl sites for hydroxylation is 4. The Morgan fingerprint density at radius 3 is 1.65 bits per heavy atom. The van der Waals surface area contributed by atoms with E-state index >= 15 is 0 Å². The summed E-state index contributed by atoms with van der Waals surface area (Å²) in [7, 11) is 0. The van der Waals surface area contributed by atoms with Crippen molar-refractivity contribution < 1.29 is 5.11 Å². The van der Waals surface area contributed by atoms with Gasteiger partial charge in [0.1, 0.15) is 5.75 Å². The van der Waals surface area contributed by atoms with E-state index < -0.39 is 0 Å². The van der Waals surface area contributed by atoms with Crippen molar-refractivity contribution in [3.8, 4) is 5.75 Å². The molecule has 3 rings (SSSR count). The van der Waals surface area contributed by atoms with E-state index in [2.05, 4.69) is 52.0 Å². The van der Waals surface area contributed by atoms with Crippen molar-refractivity contribution >= 4 is 17.6 Å². The summed E-state index contributed by atoms with van der Waals surface area (Å²) in [4.78, 5) is 4.84. The maximum atomic E-state index is 9.49. The van der Waals surface area contributed by atoms with Gasteiger partial charge in [0.15, 0.2) is 0 Å². The van der Waals surface area contributed by atoms with Gasteiger partial charge < -0.3 is 10.8 Å². The Hall–Kier alpha value is -3.07. The number of aliphatic imine (C=N–C) groups is 1. The molecule has 0 radical (unpaired) electrons. The first-order valence-corrected chi connectivity index (χ1v) is 11.4. The van der Waals surface area contributed by atoms with Crippen molar-refractivity contribution in [2.24, 2.45) is 4.99 Å². The van der Waals surface area contributed by atoms with Crippen LogP contribution in [0.2, 0.25) is 0 Å². The first-order chi connectivity index (χ1) is 15.0. The van der Waals surface area contributed by atoms with Gasteiger partial charge in [0, 0.05) is 11.9 Å². The molecule has 0 aliphatic carbocycles. The number of nitrogen functional groups attached to an aromatic ring is 1. The van der Waals surface area contributed by atoms with Crippen LogP contribution < -0.4 is 5.73 Å². The van der Waals surface area contributed by atoms with Gasteiger partial charge in [0.2, 0.25) is 0 Å². The Bertz CT molecular complexity index is 1010. The van der Waals surface area contributed by atoms with E-state index in [9.17, 15) is 5.11 Å². The Labute approximate surface area is 186 Å². The summed E-state index contributed by atoms with van der Waals surface area (Å²) in [5, 5.41) is 9.49. The van der Waals surface area contributed by atoms with Crippen LogP contribution in [-0.4, -0.2) is 11.3 Å². The topological polar surface area (TPSA) is 58.6 Å². The summed E-state index contributed by atoms with van der Waals surface area (Å²) in [6, 6.07) is 16.3. The molecule has 0 bridgehead atoms. The number of hydrogen-bond acceptors (Lipinski definition) is 3. The molecule has 0 aromatic heterocycles. The van der Waals surface area contributed by atoms with E-state index in [4.69, 9.17) is 10.7 Å². The Morgan fingerprint density at radius 1 is 0.742 bits per heavy atom. The number of benzene rings is 3. The molecule has 0 saturated carbocycles. The number of nitrogens with two attached hydrogens (primary N) is 1. The van der Waals surface area contributed by atoms with Crippen LogP contribution in [0, 0.1) is 0 Å². The van der Waals surface area contributed by atoms with Crippen LogP contribution in [-0.2, 0) is 32.1 Å². The first kappa shape index (κ1) is 22.6. The average Bonchev–Trinajstić information content (AvgIpc) is 2.79. The molecule has 0 fully saturated rings. The summed E-state index contributed by atoms with van der Waals surface area (Å²) >= 11 is 0. The van der Waals surface area contributed by atoms with Gasteiger partial charge in [-0.1, -0.05) is 52.0 Å². The van der Waals surface area contributed by atoms with Crippen LogP contribution in [0.1, 0.15) is 66.6 Å². The Morgan fingerprint density at radius 2 is 1.19 bits per heavy atom. The Kier molecular flexibility index (Phi) is 7.51. The molecule has 3 N–H and O–H groups in total. The smallest absolute Gasteiger partial charge is 0.115 e. The number of aromatic hydroxyl groups is 1. The average molecular weight is 415 g/mol. The normalized spacial score (nSPS) is 11.4. The number of rotatable bonds is 8. The van der Waals surface area contributed by atoms with Crippen LogP contribution >= 0.6 is 0 Å². The van der Waals surface area contributed by atoms with E-state index in [-0.39, 0.29) is 5.75 Å². The second kappa shape index (κ2) is 10.3. The zero-order valence-electron chi connectivity index (χ0n) is 19.2. The third-order valence-electron chi connectivity index (χ3n) is 5.91. The van der Waals surface area contributed by atoms with Gasteiger partial charge in [0.05, 0.1) is 5.69 Å². The second-order valence-electron chi connectivity index (χ2n) is 8.03. The summed E-state index contributed by atoms with van der Waals surface area (Å²) in [5.74, 6) is 0.269. The fourth-order valence-corrected chi connectivity index (χ4v) is 4.11. The molecular weight excluding hydrogens is 380 g/mol. The maximum Gasteiger partial charge on any atom is 0.115 e. The van der Waals surface area contributed by atoms with Gasteiger partial charge in [0.25, 0.3) is 0 Å². The van der Waals surface area contributed by atoms with E-state index in [0.717, 1.165) is 49.0 Å². The van der Waals surface area contributed by atoms with E-state index in [1.54, 1.807) is 12.1 Å². The molecule has 0 saturated heterocycles. The van der Waals surface area contributed by atoms with Gasteiger partial charge in [-0.2, -0.15) is 0 Å². The number of hydrogen-bond donors (Lipinski definition) is 2. The molecule has 0 spiro atoms. The zero-order valence-corrected chi connectivity index (χ0v) is 19.2. The summed E-state index contributed by atoms with van der Waals surface area (Å²) in [5.41, 5.74) is 17.0. The highest BCUT2D eigenvalue weighted by atomic mass is 16.3. The number of phenolic OH excluding ortho intramolecular Hbond substituents is 1. The van der Waals surface area contributed by atoms with Gasteiger partial charge in [-0.05, 0) is 95.3 Å². The number of nitrogens with zero attached hydrogens (tertiary/aromatic N) is 1. The van der Waals surface area contributed by atoms with Crippen LogP contribution in [0.25, 0.3) is 0 Å². The molecule has 3 nitrogen and oxygen atoms in total. The fraction of sp³-hybridized carbons (Fsp3) is 0.321. The third kappa shape index (κ3) is 5.35. The molecule has 0 heterocycles. The molecule has 3 aromatic carbocycles. The van der Waals surface area contributed by atoms with Crippen molar-refractivity contribution in [1.29, 1.82) is 0 Å². The minimum absolute atomic E-state index is 0.269. The lowest BCUT2D eigenvalue weighted by Gasteiger charge is -2.15. The fourth-order valence-electron chi connectivity index (χ4n) is 4.11. The molecular formula is C28H34N2O. The van der Waals surface area contributed by atoms with Gasteiger partial charge >= 0.3 is 0 Å². The molecule has 162 valence electrons. The molecule has 3 heteroatoms. The first-order valence-electron chi connectivity index (χ1n) is 11.4. The molecule has 0 amide bonds. The minimum atomic E-state index is 0.269. The van der Waals surface area contributed by atoms with Crippen LogP contribution in [0.5, 0.6) is 5.75 Å². The number of phenols is 1. The van der Waals surface area contributed by atoms with Crippen molar-refractivity contribution in [1.82, 2.24) is 0 Å². The maximum absolute atomic E-state index is 9.49. The van der Waals surface area contributed by atoms with Gasteiger partial charge in [-0.25, -0.2) is 0 Å². The summed E-state index contributed by atoms with van der Waals surface area (Å²) < 4.78 is 0. The van der Waals surface area contributed by atoms with Gasteiger partial charge in [-0.3, -0.25) is 4.99 Å². The van der Waals surface area contributed by atoms with Crippen LogP contribution in [0.4, 0.5) is 11.4 Å². The van der Waals surface area contributed by atoms with E-state index in [0.29, 0.717) is 0 Å². The molecule has 3 aromatic rings.